The monoisotopic (exact) mass is 424 g/mol. The maximum Gasteiger partial charge on any atom is 0.354 e. The molecule has 164 valence electrons. The van der Waals surface area contributed by atoms with Gasteiger partial charge in [0.1, 0.15) is 5.69 Å². The smallest absolute Gasteiger partial charge is 0.354 e. The zero-order chi connectivity index (χ0) is 21.4. The second-order valence-electron chi connectivity index (χ2n) is 8.85. The number of carboxylic acids is 1. The van der Waals surface area contributed by atoms with E-state index in [0.717, 1.165) is 75.7 Å². The predicted octanol–water partition coefficient (Wildman–Crippen LogP) is 1.79. The van der Waals surface area contributed by atoms with E-state index in [1.54, 1.807) is 12.3 Å². The summed E-state index contributed by atoms with van der Waals surface area (Å²) in [6.45, 7) is 6.35. The minimum Gasteiger partial charge on any atom is -0.477 e. The highest BCUT2D eigenvalue weighted by Crippen LogP contribution is 2.37. The minimum absolute atomic E-state index is 0.0633. The summed E-state index contributed by atoms with van der Waals surface area (Å²) in [6.07, 6.45) is 3.63. The van der Waals surface area contributed by atoms with Crippen molar-refractivity contribution in [1.29, 1.82) is 0 Å². The first kappa shape index (κ1) is 20.2. The standard InChI is InChI=1S/C23H28N4O4/c28-22-17(14-25-6-1-8-31-9-7-25)2-3-21-18-10-16(13-27(21)22)12-26(15-18)19-4-5-24-20(11-19)23(29)30/h2-5,11,16,18H,1,6-10,12-15H2,(H,29,30)/t16-,18+/m0/s1. The van der Waals surface area contributed by atoms with Gasteiger partial charge in [-0.05, 0) is 37.0 Å². The number of hydrogen-bond donors (Lipinski definition) is 1. The van der Waals surface area contributed by atoms with Crippen LogP contribution in [0.3, 0.4) is 0 Å². The summed E-state index contributed by atoms with van der Waals surface area (Å²) in [5, 5.41) is 9.26. The number of aromatic nitrogens is 2. The number of nitrogens with zero attached hydrogens (tertiary/aromatic N) is 4. The number of carboxylic acid groups (broad SMARTS) is 1. The van der Waals surface area contributed by atoms with Crippen LogP contribution in [0.4, 0.5) is 5.69 Å². The number of anilines is 1. The van der Waals surface area contributed by atoms with Gasteiger partial charge in [-0.3, -0.25) is 9.69 Å². The van der Waals surface area contributed by atoms with Crippen LogP contribution in [0, 0.1) is 5.92 Å². The van der Waals surface area contributed by atoms with Crippen molar-refractivity contribution in [2.75, 3.05) is 44.3 Å². The third-order valence-corrected chi connectivity index (χ3v) is 6.72. The lowest BCUT2D eigenvalue weighted by molar-refractivity contribution is 0.0690. The molecule has 0 radical (unpaired) electrons. The van der Waals surface area contributed by atoms with Crippen molar-refractivity contribution in [1.82, 2.24) is 14.5 Å². The van der Waals surface area contributed by atoms with Crippen LogP contribution in [0.2, 0.25) is 0 Å². The van der Waals surface area contributed by atoms with Crippen molar-refractivity contribution >= 4 is 11.7 Å². The lowest BCUT2D eigenvalue weighted by Crippen LogP contribution is -2.48. The van der Waals surface area contributed by atoms with Crippen LogP contribution in [0.5, 0.6) is 0 Å². The molecule has 5 heterocycles. The fourth-order valence-electron chi connectivity index (χ4n) is 5.25. The quantitative estimate of drug-likeness (QED) is 0.801. The van der Waals surface area contributed by atoms with Crippen LogP contribution in [-0.2, 0) is 17.8 Å². The van der Waals surface area contributed by atoms with E-state index in [-0.39, 0.29) is 17.2 Å². The Balaban J connectivity index is 1.37. The normalized spacial score (nSPS) is 23.8. The average Bonchev–Trinajstić information content (AvgIpc) is 3.05. The highest BCUT2D eigenvalue weighted by Gasteiger charge is 2.35. The van der Waals surface area contributed by atoms with Gasteiger partial charge >= 0.3 is 5.97 Å². The zero-order valence-electron chi connectivity index (χ0n) is 17.6. The fourth-order valence-corrected chi connectivity index (χ4v) is 5.25. The van der Waals surface area contributed by atoms with E-state index >= 15 is 0 Å². The third kappa shape index (κ3) is 4.09. The van der Waals surface area contributed by atoms with E-state index in [1.165, 1.54) is 0 Å². The molecule has 2 fully saturated rings. The summed E-state index contributed by atoms with van der Waals surface area (Å²) >= 11 is 0. The molecule has 2 aromatic rings. The number of fused-ring (bicyclic) bond motifs is 4. The number of rotatable bonds is 4. The number of carbonyl (C=O) groups is 1. The molecular weight excluding hydrogens is 396 g/mol. The van der Waals surface area contributed by atoms with Gasteiger partial charge in [-0.2, -0.15) is 0 Å². The molecule has 5 rings (SSSR count). The van der Waals surface area contributed by atoms with Crippen LogP contribution in [0.1, 0.15) is 40.5 Å². The maximum atomic E-state index is 13.3. The Labute approximate surface area is 181 Å². The van der Waals surface area contributed by atoms with Gasteiger partial charge in [0.05, 0.1) is 6.61 Å². The first-order chi connectivity index (χ1) is 15.1. The van der Waals surface area contributed by atoms with E-state index in [1.807, 2.05) is 16.7 Å². The molecule has 0 saturated carbocycles. The molecule has 0 aromatic carbocycles. The number of pyridine rings is 2. The van der Waals surface area contributed by atoms with E-state index in [2.05, 4.69) is 20.9 Å². The molecule has 0 spiro atoms. The van der Waals surface area contributed by atoms with Crippen molar-refractivity contribution in [3.63, 3.8) is 0 Å². The van der Waals surface area contributed by atoms with Crippen LogP contribution >= 0.6 is 0 Å². The summed E-state index contributed by atoms with van der Waals surface area (Å²) in [5.41, 5.74) is 3.05. The van der Waals surface area contributed by atoms with Gasteiger partial charge in [0.15, 0.2) is 0 Å². The topological polar surface area (TPSA) is 87.9 Å². The molecule has 3 aliphatic rings. The second-order valence-corrected chi connectivity index (χ2v) is 8.85. The Kier molecular flexibility index (Phi) is 5.50. The van der Waals surface area contributed by atoms with Gasteiger partial charge in [-0.25, -0.2) is 9.78 Å². The summed E-state index contributed by atoms with van der Waals surface area (Å²) < 4.78 is 7.53. The Hall–Kier alpha value is -2.71. The van der Waals surface area contributed by atoms with Crippen molar-refractivity contribution < 1.29 is 14.6 Å². The number of aromatic carboxylic acids is 1. The van der Waals surface area contributed by atoms with Crippen molar-refractivity contribution in [3.05, 3.63) is 57.8 Å². The molecule has 2 atom stereocenters. The van der Waals surface area contributed by atoms with Crippen molar-refractivity contribution in [2.24, 2.45) is 5.92 Å². The third-order valence-electron chi connectivity index (χ3n) is 6.72. The number of piperidine rings is 1. The van der Waals surface area contributed by atoms with Gasteiger partial charge in [0, 0.05) is 74.9 Å². The van der Waals surface area contributed by atoms with E-state index in [4.69, 9.17) is 4.74 Å². The molecule has 8 heteroatoms. The summed E-state index contributed by atoms with van der Waals surface area (Å²) in [6, 6.07) is 7.65. The lowest BCUT2D eigenvalue weighted by Gasteiger charge is -2.44. The Morgan fingerprint density at radius 3 is 2.94 bits per heavy atom. The molecule has 3 aliphatic heterocycles. The maximum absolute atomic E-state index is 13.3. The summed E-state index contributed by atoms with van der Waals surface area (Å²) in [4.78, 5) is 33.1. The highest BCUT2D eigenvalue weighted by molar-refractivity contribution is 5.86. The summed E-state index contributed by atoms with van der Waals surface area (Å²) in [5.74, 6) is -0.381. The fraction of sp³-hybridized carbons (Fsp3) is 0.522. The predicted molar refractivity (Wildman–Crippen MR) is 116 cm³/mol. The molecule has 0 aliphatic carbocycles. The Bertz CT molecular complexity index is 1030. The highest BCUT2D eigenvalue weighted by atomic mass is 16.5. The minimum atomic E-state index is -1.01. The second kappa shape index (κ2) is 8.43. The molecule has 31 heavy (non-hydrogen) atoms. The van der Waals surface area contributed by atoms with Gasteiger partial charge in [0.2, 0.25) is 0 Å². The van der Waals surface area contributed by atoms with Crippen molar-refractivity contribution in [2.45, 2.75) is 31.8 Å². The van der Waals surface area contributed by atoms with Crippen LogP contribution in [-0.4, -0.2) is 64.9 Å². The van der Waals surface area contributed by atoms with Gasteiger partial charge in [0.25, 0.3) is 5.56 Å². The molecule has 2 saturated heterocycles. The average molecular weight is 425 g/mol. The van der Waals surface area contributed by atoms with Gasteiger partial charge in [-0.15, -0.1) is 0 Å². The molecule has 0 amide bonds. The Morgan fingerprint density at radius 1 is 1.16 bits per heavy atom. The largest absolute Gasteiger partial charge is 0.477 e. The molecule has 1 N–H and O–H groups in total. The molecule has 2 aromatic heterocycles. The van der Waals surface area contributed by atoms with E-state index in [0.29, 0.717) is 12.5 Å². The molecular formula is C23H28N4O4. The molecule has 8 nitrogen and oxygen atoms in total. The molecule has 2 bridgehead atoms. The lowest BCUT2D eigenvalue weighted by atomic mass is 9.82. The van der Waals surface area contributed by atoms with E-state index < -0.39 is 5.97 Å². The molecule has 0 unspecified atom stereocenters. The van der Waals surface area contributed by atoms with Crippen molar-refractivity contribution in [3.8, 4) is 0 Å². The first-order valence-corrected chi connectivity index (χ1v) is 11.1. The SMILES string of the molecule is O=C(O)c1cc(N2C[C@@H]3C[C@H](C2)c2ccc(CN4CCCOCC4)c(=O)n2C3)ccn1. The first-order valence-electron chi connectivity index (χ1n) is 11.1. The van der Waals surface area contributed by atoms with Crippen LogP contribution in [0.15, 0.2) is 35.3 Å². The van der Waals surface area contributed by atoms with Crippen LogP contribution in [0.25, 0.3) is 0 Å². The number of hydrogen-bond acceptors (Lipinski definition) is 6. The van der Waals surface area contributed by atoms with Crippen LogP contribution < -0.4 is 10.5 Å². The summed E-state index contributed by atoms with van der Waals surface area (Å²) in [7, 11) is 0. The number of ether oxygens (including phenoxy) is 1. The zero-order valence-corrected chi connectivity index (χ0v) is 17.6. The van der Waals surface area contributed by atoms with Gasteiger partial charge in [-0.1, -0.05) is 6.07 Å². The van der Waals surface area contributed by atoms with Gasteiger partial charge < -0.3 is 19.3 Å². The Morgan fingerprint density at radius 2 is 2.06 bits per heavy atom. The van der Waals surface area contributed by atoms with E-state index in [9.17, 15) is 14.7 Å².